The summed E-state index contributed by atoms with van der Waals surface area (Å²) in [6, 6.07) is 13.6. The number of fused-ring (bicyclic) bond motifs is 1. The van der Waals surface area contributed by atoms with E-state index in [1.807, 2.05) is 0 Å². The lowest BCUT2D eigenvalue weighted by molar-refractivity contribution is 0.601. The van der Waals surface area contributed by atoms with Gasteiger partial charge in [0, 0.05) is 31.5 Å². The van der Waals surface area contributed by atoms with Gasteiger partial charge >= 0.3 is 5.69 Å². The molecule has 1 aliphatic carbocycles. The average Bonchev–Trinajstić information content (AvgIpc) is 3.78. The first-order valence-electron chi connectivity index (χ1n) is 12.8. The van der Waals surface area contributed by atoms with E-state index in [1.165, 1.54) is 66.5 Å². The van der Waals surface area contributed by atoms with Crippen LogP contribution in [0.2, 0.25) is 0 Å². The van der Waals surface area contributed by atoms with Gasteiger partial charge in [-0.1, -0.05) is 17.6 Å². The van der Waals surface area contributed by atoms with E-state index in [2.05, 4.69) is 15.0 Å². The van der Waals surface area contributed by atoms with Gasteiger partial charge in [-0.25, -0.2) is 22.2 Å². The Morgan fingerprint density at radius 2 is 1.79 bits per heavy atom. The SMILES string of the molecule is [B]c1ccc(Nc2cc(=O)n(C)c3c2c(=O)n(C2CC2)c(=O)n3-c2cccc(NS(=O)(=O)c3cccnc3)c2)c(F)c1. The number of nitrogens with zero attached hydrogens (tertiary/aromatic N) is 4. The molecule has 11 nitrogen and oxygen atoms in total. The number of hydrogen-bond acceptors (Lipinski definition) is 7. The molecule has 210 valence electrons. The molecule has 3 heterocycles. The first-order valence-corrected chi connectivity index (χ1v) is 14.3. The molecule has 3 aromatic heterocycles. The van der Waals surface area contributed by atoms with Crippen LogP contribution in [0, 0.1) is 5.82 Å². The molecule has 0 atom stereocenters. The van der Waals surface area contributed by atoms with Gasteiger partial charge in [-0.05, 0) is 55.3 Å². The van der Waals surface area contributed by atoms with Crippen LogP contribution in [0.15, 0.2) is 92.3 Å². The van der Waals surface area contributed by atoms with Gasteiger partial charge < -0.3 is 5.32 Å². The number of hydrogen-bond donors (Lipinski definition) is 2. The molecular weight excluding hydrogens is 562 g/mol. The summed E-state index contributed by atoms with van der Waals surface area (Å²) in [5.41, 5.74) is -1.49. The highest BCUT2D eigenvalue weighted by Gasteiger charge is 2.31. The number of sulfonamides is 1. The van der Waals surface area contributed by atoms with Crippen LogP contribution in [0.5, 0.6) is 0 Å². The van der Waals surface area contributed by atoms with Crippen LogP contribution in [0.25, 0.3) is 16.7 Å². The molecular formula is C28H22BFN6O5S. The molecule has 0 saturated heterocycles. The molecule has 1 fully saturated rings. The predicted molar refractivity (Wildman–Crippen MR) is 157 cm³/mol. The standard InChI is InChI=1S/C28H22BFN6O5S/c1-34-24(37)14-23(32-22-10-7-16(29)12-21(22)30)25-26(34)35(28(39)36(27(25)38)18-8-9-18)19-5-2-4-17(13-19)33-42(40,41)20-6-3-11-31-15-20/h2-7,10-15,18,32-33H,8-9H2,1H3. The Bertz CT molecular complexity index is 2180. The first-order chi connectivity index (χ1) is 20.0. The lowest BCUT2D eigenvalue weighted by Gasteiger charge is -2.19. The summed E-state index contributed by atoms with van der Waals surface area (Å²) < 4.78 is 46.5. The van der Waals surface area contributed by atoms with Crippen molar-refractivity contribution in [2.75, 3.05) is 10.0 Å². The maximum atomic E-state index is 14.7. The number of benzene rings is 2. The van der Waals surface area contributed by atoms with Gasteiger partial charge in [-0.3, -0.25) is 28.4 Å². The fourth-order valence-electron chi connectivity index (χ4n) is 4.76. The highest BCUT2D eigenvalue weighted by Crippen LogP contribution is 2.34. The highest BCUT2D eigenvalue weighted by atomic mass is 32.2. The van der Waals surface area contributed by atoms with Crippen molar-refractivity contribution in [2.45, 2.75) is 23.8 Å². The van der Waals surface area contributed by atoms with Crippen LogP contribution in [0.1, 0.15) is 18.9 Å². The number of rotatable bonds is 7. The maximum Gasteiger partial charge on any atom is 0.337 e. The second-order valence-corrected chi connectivity index (χ2v) is 11.6. The van der Waals surface area contributed by atoms with Crippen molar-refractivity contribution in [1.29, 1.82) is 0 Å². The summed E-state index contributed by atoms with van der Waals surface area (Å²) in [6.45, 7) is 0. The molecule has 2 radical (unpaired) electrons. The molecule has 14 heteroatoms. The fraction of sp³-hybridized carbons (Fsp3) is 0.143. The van der Waals surface area contributed by atoms with E-state index in [4.69, 9.17) is 7.85 Å². The lowest BCUT2D eigenvalue weighted by atomic mass is 9.96. The van der Waals surface area contributed by atoms with Gasteiger partial charge in [0.1, 0.15) is 29.6 Å². The summed E-state index contributed by atoms with van der Waals surface area (Å²) in [6.07, 6.45) is 3.85. The van der Waals surface area contributed by atoms with Crippen LogP contribution in [-0.4, -0.2) is 34.9 Å². The second-order valence-electron chi connectivity index (χ2n) is 9.89. The zero-order valence-corrected chi connectivity index (χ0v) is 22.9. The minimum atomic E-state index is -4.01. The molecule has 0 aliphatic heterocycles. The molecule has 0 amide bonds. The fourth-order valence-corrected chi connectivity index (χ4v) is 5.77. The van der Waals surface area contributed by atoms with Gasteiger partial charge in [0.15, 0.2) is 0 Å². The van der Waals surface area contributed by atoms with Crippen molar-refractivity contribution in [3.05, 3.63) is 110 Å². The van der Waals surface area contributed by atoms with Gasteiger partial charge in [0.2, 0.25) is 0 Å². The monoisotopic (exact) mass is 584 g/mol. The third-order valence-corrected chi connectivity index (χ3v) is 8.29. The lowest BCUT2D eigenvalue weighted by Crippen LogP contribution is -2.41. The van der Waals surface area contributed by atoms with Crippen molar-refractivity contribution in [3.8, 4) is 5.69 Å². The molecule has 2 aromatic carbocycles. The molecule has 2 N–H and O–H groups in total. The van der Waals surface area contributed by atoms with Crippen LogP contribution in [0.4, 0.5) is 21.5 Å². The zero-order valence-electron chi connectivity index (χ0n) is 22.1. The molecule has 0 bridgehead atoms. The molecule has 1 saturated carbocycles. The second kappa shape index (κ2) is 10.1. The summed E-state index contributed by atoms with van der Waals surface area (Å²) in [7, 11) is 3.06. The number of anilines is 3. The molecule has 6 rings (SSSR count). The Morgan fingerprint density at radius 1 is 1.00 bits per heavy atom. The molecule has 5 aromatic rings. The first kappa shape index (κ1) is 27.2. The Labute approximate surface area is 239 Å². The molecule has 0 unspecified atom stereocenters. The van der Waals surface area contributed by atoms with Crippen molar-refractivity contribution < 1.29 is 12.8 Å². The summed E-state index contributed by atoms with van der Waals surface area (Å²) in [4.78, 5) is 44.6. The van der Waals surface area contributed by atoms with E-state index < -0.39 is 32.6 Å². The number of aryl methyl sites for hydroxylation is 1. The van der Waals surface area contributed by atoms with E-state index in [0.717, 1.165) is 21.3 Å². The maximum absolute atomic E-state index is 14.7. The summed E-state index contributed by atoms with van der Waals surface area (Å²) in [5.74, 6) is -0.701. The van der Waals surface area contributed by atoms with Crippen LogP contribution >= 0.6 is 0 Å². The normalized spacial score (nSPS) is 13.3. The van der Waals surface area contributed by atoms with Crippen LogP contribution in [0.3, 0.4) is 0 Å². The van der Waals surface area contributed by atoms with E-state index >= 15 is 0 Å². The van der Waals surface area contributed by atoms with E-state index in [1.54, 1.807) is 6.07 Å². The Balaban J connectivity index is 1.59. The Kier molecular flexibility index (Phi) is 6.57. The summed E-state index contributed by atoms with van der Waals surface area (Å²) in [5, 5.41) is 2.80. The smallest absolute Gasteiger partial charge is 0.337 e. The average molecular weight is 584 g/mol. The minimum absolute atomic E-state index is 0.00152. The number of aromatic nitrogens is 4. The highest BCUT2D eigenvalue weighted by molar-refractivity contribution is 7.92. The minimum Gasteiger partial charge on any atom is -0.352 e. The van der Waals surface area contributed by atoms with Crippen molar-refractivity contribution in [2.24, 2.45) is 7.05 Å². The largest absolute Gasteiger partial charge is 0.352 e. The quantitative estimate of drug-likeness (QED) is 0.280. The van der Waals surface area contributed by atoms with E-state index in [-0.39, 0.29) is 50.2 Å². The third kappa shape index (κ3) is 4.79. The molecule has 0 spiro atoms. The van der Waals surface area contributed by atoms with Gasteiger partial charge in [0.25, 0.3) is 21.1 Å². The van der Waals surface area contributed by atoms with Crippen molar-refractivity contribution in [1.82, 2.24) is 18.7 Å². The molecule has 42 heavy (non-hydrogen) atoms. The van der Waals surface area contributed by atoms with Gasteiger partial charge in [-0.15, -0.1) is 0 Å². The molecule has 1 aliphatic rings. The van der Waals surface area contributed by atoms with Crippen LogP contribution < -0.4 is 32.3 Å². The topological polar surface area (TPSA) is 137 Å². The predicted octanol–water partition coefficient (Wildman–Crippen LogP) is 2.06. The Hall–Kier alpha value is -4.98. The zero-order chi connectivity index (χ0) is 29.8. The number of pyridine rings is 2. The van der Waals surface area contributed by atoms with E-state index in [0.29, 0.717) is 12.8 Å². The van der Waals surface area contributed by atoms with Crippen molar-refractivity contribution >= 4 is 51.4 Å². The summed E-state index contributed by atoms with van der Waals surface area (Å²) >= 11 is 0. The van der Waals surface area contributed by atoms with Gasteiger partial charge in [-0.2, -0.15) is 0 Å². The number of halogens is 1. The number of nitrogens with one attached hydrogen (secondary N) is 2. The van der Waals surface area contributed by atoms with Gasteiger partial charge in [0.05, 0.1) is 22.7 Å². The van der Waals surface area contributed by atoms with E-state index in [9.17, 15) is 27.2 Å². The van der Waals surface area contributed by atoms with Crippen molar-refractivity contribution in [3.63, 3.8) is 0 Å². The van der Waals surface area contributed by atoms with Crippen LogP contribution in [-0.2, 0) is 17.1 Å². The third-order valence-electron chi connectivity index (χ3n) is 6.93. The Morgan fingerprint density at radius 3 is 2.48 bits per heavy atom.